The van der Waals surface area contributed by atoms with Gasteiger partial charge in [0, 0.05) is 5.56 Å². The Morgan fingerprint density at radius 1 is 0.909 bits per heavy atom. The molecule has 3 heterocycles. The first-order valence-corrected chi connectivity index (χ1v) is 11.4. The summed E-state index contributed by atoms with van der Waals surface area (Å²) < 4.78 is 31.1. The molecule has 0 N–H and O–H groups in total. The van der Waals surface area contributed by atoms with Crippen molar-refractivity contribution in [2.45, 2.75) is 50.3 Å². The molecule has 33 heavy (non-hydrogen) atoms. The average molecular weight is 446 g/mol. The Hall–Kier alpha value is -2.77. The lowest BCUT2D eigenvalue weighted by atomic mass is 10.0. The van der Waals surface area contributed by atoms with Gasteiger partial charge in [-0.3, -0.25) is 0 Å². The van der Waals surface area contributed by atoms with Crippen LogP contribution in [0.4, 0.5) is 0 Å². The van der Waals surface area contributed by atoms with Crippen LogP contribution in [0.3, 0.4) is 0 Å². The number of fused-ring (bicyclic) bond motifs is 3. The molecule has 6 heteroatoms. The summed E-state index contributed by atoms with van der Waals surface area (Å²) in [7, 11) is 0. The van der Waals surface area contributed by atoms with Crippen molar-refractivity contribution in [2.24, 2.45) is 4.99 Å². The van der Waals surface area contributed by atoms with Crippen LogP contribution in [0.5, 0.6) is 0 Å². The third-order valence-electron chi connectivity index (χ3n) is 6.42. The van der Waals surface area contributed by atoms with Crippen LogP contribution in [-0.4, -0.2) is 48.9 Å². The Labute approximate surface area is 193 Å². The van der Waals surface area contributed by atoms with Gasteiger partial charge >= 0.3 is 0 Å². The highest BCUT2D eigenvalue weighted by atomic mass is 16.8. The van der Waals surface area contributed by atoms with Gasteiger partial charge in [0.15, 0.2) is 5.79 Å². The number of hydrogen-bond acceptors (Lipinski definition) is 6. The van der Waals surface area contributed by atoms with Gasteiger partial charge in [-0.25, -0.2) is 4.99 Å². The standard InChI is InChI=1S/C27H27NO5/c1-26(2)32-23-22(16-29-15-18-9-4-3-5-10-18)31-27(24(23)33-26)17-30-25(28-27)21-14-8-12-19-11-6-7-13-20(19)21/h3-14,22-24H,15-17H2,1-2H3. The zero-order valence-corrected chi connectivity index (χ0v) is 18.8. The van der Waals surface area contributed by atoms with Crippen molar-refractivity contribution >= 4 is 16.7 Å². The summed E-state index contributed by atoms with van der Waals surface area (Å²) in [5, 5.41) is 2.23. The monoisotopic (exact) mass is 445 g/mol. The van der Waals surface area contributed by atoms with Crippen LogP contribution in [0.2, 0.25) is 0 Å². The number of hydrogen-bond donors (Lipinski definition) is 0. The first kappa shape index (κ1) is 20.8. The summed E-state index contributed by atoms with van der Waals surface area (Å²) in [5.41, 5.74) is 1.11. The van der Waals surface area contributed by atoms with Crippen LogP contribution in [0, 0.1) is 0 Å². The number of rotatable bonds is 5. The van der Waals surface area contributed by atoms with E-state index in [2.05, 4.69) is 18.2 Å². The van der Waals surface area contributed by atoms with E-state index < -0.39 is 11.5 Å². The molecule has 4 atom stereocenters. The van der Waals surface area contributed by atoms with Gasteiger partial charge in [-0.05, 0) is 36.2 Å². The Bertz CT molecular complexity index is 1190. The number of ether oxygens (including phenoxy) is 5. The van der Waals surface area contributed by atoms with Crippen molar-refractivity contribution in [1.29, 1.82) is 0 Å². The van der Waals surface area contributed by atoms with Crippen LogP contribution in [0.15, 0.2) is 77.8 Å². The average Bonchev–Trinajstić information content (AvgIpc) is 3.47. The van der Waals surface area contributed by atoms with Gasteiger partial charge in [-0.2, -0.15) is 0 Å². The molecule has 6 nitrogen and oxygen atoms in total. The molecule has 170 valence electrons. The molecule has 3 aromatic rings. The van der Waals surface area contributed by atoms with E-state index in [9.17, 15) is 0 Å². The minimum atomic E-state index is -0.953. The molecule has 2 saturated heterocycles. The SMILES string of the molecule is CC1(C)OC2C(COCc3ccccc3)OC3(COC(c4cccc5ccccc45)=N3)C2O1. The second-order valence-electron chi connectivity index (χ2n) is 9.25. The predicted molar refractivity (Wildman–Crippen MR) is 124 cm³/mol. The van der Waals surface area contributed by atoms with Gasteiger partial charge in [-0.1, -0.05) is 66.7 Å². The van der Waals surface area contributed by atoms with E-state index in [-0.39, 0.29) is 24.9 Å². The Morgan fingerprint density at radius 2 is 1.70 bits per heavy atom. The lowest BCUT2D eigenvalue weighted by Gasteiger charge is -2.27. The van der Waals surface area contributed by atoms with Crippen LogP contribution in [0.25, 0.3) is 10.8 Å². The largest absolute Gasteiger partial charge is 0.472 e. The normalized spacial score (nSPS) is 29.9. The fraction of sp³-hybridized carbons (Fsp3) is 0.370. The van der Waals surface area contributed by atoms with E-state index in [4.69, 9.17) is 28.7 Å². The molecule has 4 unspecified atom stereocenters. The smallest absolute Gasteiger partial charge is 0.226 e. The molecule has 0 amide bonds. The molecule has 0 aromatic heterocycles. The molecule has 0 aliphatic carbocycles. The molecule has 2 fully saturated rings. The van der Waals surface area contributed by atoms with Crippen molar-refractivity contribution in [2.75, 3.05) is 13.2 Å². The molecule has 1 spiro atoms. The third-order valence-corrected chi connectivity index (χ3v) is 6.42. The molecule has 3 aromatic carbocycles. The summed E-state index contributed by atoms with van der Waals surface area (Å²) in [6.07, 6.45) is -0.958. The summed E-state index contributed by atoms with van der Waals surface area (Å²) in [4.78, 5) is 4.98. The fourth-order valence-corrected chi connectivity index (χ4v) is 4.97. The zero-order chi connectivity index (χ0) is 22.5. The van der Waals surface area contributed by atoms with E-state index >= 15 is 0 Å². The lowest BCUT2D eigenvalue weighted by Crippen LogP contribution is -2.43. The number of aliphatic imine (C=N–C) groups is 1. The summed E-state index contributed by atoms with van der Waals surface area (Å²) in [5.74, 6) is -0.147. The van der Waals surface area contributed by atoms with E-state index in [1.165, 1.54) is 0 Å². The van der Waals surface area contributed by atoms with Gasteiger partial charge < -0.3 is 23.7 Å². The van der Waals surface area contributed by atoms with Crippen molar-refractivity contribution in [3.8, 4) is 0 Å². The van der Waals surface area contributed by atoms with Crippen LogP contribution >= 0.6 is 0 Å². The molecule has 6 rings (SSSR count). The highest BCUT2D eigenvalue weighted by molar-refractivity contribution is 6.07. The van der Waals surface area contributed by atoms with Crippen LogP contribution < -0.4 is 0 Å². The lowest BCUT2D eigenvalue weighted by molar-refractivity contribution is -0.214. The van der Waals surface area contributed by atoms with E-state index in [0.29, 0.717) is 19.1 Å². The van der Waals surface area contributed by atoms with Crippen LogP contribution in [0.1, 0.15) is 25.0 Å². The molecular formula is C27H27NO5. The van der Waals surface area contributed by atoms with E-state index in [0.717, 1.165) is 21.9 Å². The van der Waals surface area contributed by atoms with Crippen LogP contribution in [-0.2, 0) is 30.3 Å². The van der Waals surface area contributed by atoms with Gasteiger partial charge in [-0.15, -0.1) is 0 Å². The maximum Gasteiger partial charge on any atom is 0.226 e. The first-order chi connectivity index (χ1) is 16.0. The molecule has 0 saturated carbocycles. The van der Waals surface area contributed by atoms with Gasteiger partial charge in [0.2, 0.25) is 11.6 Å². The third kappa shape index (κ3) is 3.73. The Balaban J connectivity index is 1.27. The molecule has 0 radical (unpaired) electrons. The summed E-state index contributed by atoms with van der Waals surface area (Å²) in [6.45, 7) is 5.02. The maximum absolute atomic E-state index is 6.48. The zero-order valence-electron chi connectivity index (χ0n) is 18.8. The van der Waals surface area contributed by atoms with Crippen molar-refractivity contribution in [1.82, 2.24) is 0 Å². The summed E-state index contributed by atoms with van der Waals surface area (Å²) >= 11 is 0. The minimum absolute atomic E-state index is 0.279. The van der Waals surface area contributed by atoms with Gasteiger partial charge in [0.25, 0.3) is 0 Å². The second kappa shape index (κ2) is 7.92. The number of nitrogens with zero attached hydrogens (tertiary/aromatic N) is 1. The predicted octanol–water partition coefficient (Wildman–Crippen LogP) is 4.45. The van der Waals surface area contributed by atoms with Crippen molar-refractivity contribution < 1.29 is 23.7 Å². The second-order valence-corrected chi connectivity index (χ2v) is 9.25. The van der Waals surface area contributed by atoms with E-state index in [1.807, 2.05) is 68.4 Å². The Kier molecular flexibility index (Phi) is 4.99. The minimum Gasteiger partial charge on any atom is -0.472 e. The molecule has 0 bridgehead atoms. The summed E-state index contributed by atoms with van der Waals surface area (Å²) in [6, 6.07) is 24.5. The highest BCUT2D eigenvalue weighted by Gasteiger charge is 2.65. The first-order valence-electron chi connectivity index (χ1n) is 11.4. The maximum atomic E-state index is 6.48. The van der Waals surface area contributed by atoms with Gasteiger partial charge in [0.05, 0.1) is 13.2 Å². The number of benzene rings is 3. The molecule has 3 aliphatic rings. The topological polar surface area (TPSA) is 58.5 Å². The van der Waals surface area contributed by atoms with Crippen molar-refractivity contribution in [3.63, 3.8) is 0 Å². The highest BCUT2D eigenvalue weighted by Crippen LogP contribution is 2.47. The fourth-order valence-electron chi connectivity index (χ4n) is 4.97. The Morgan fingerprint density at radius 3 is 2.58 bits per heavy atom. The van der Waals surface area contributed by atoms with E-state index in [1.54, 1.807) is 0 Å². The molecule has 3 aliphatic heterocycles. The van der Waals surface area contributed by atoms with Gasteiger partial charge in [0.1, 0.15) is 24.9 Å². The molecular weight excluding hydrogens is 418 g/mol. The van der Waals surface area contributed by atoms with Crippen molar-refractivity contribution in [3.05, 3.63) is 83.9 Å². The quantitative estimate of drug-likeness (QED) is 0.581.